The van der Waals surface area contributed by atoms with Crippen LogP contribution in [0.1, 0.15) is 23.8 Å². The van der Waals surface area contributed by atoms with Gasteiger partial charge in [-0.2, -0.15) is 0 Å². The zero-order valence-electron chi connectivity index (χ0n) is 11.3. The fraction of sp³-hybridized carbons (Fsp3) is 0.615. The number of carbonyl (C=O) groups excluding carboxylic acids is 1. The number of amides is 1. The van der Waals surface area contributed by atoms with Gasteiger partial charge in [-0.05, 0) is 12.5 Å². The molecular formula is C13H20ClN3O2. The van der Waals surface area contributed by atoms with Gasteiger partial charge < -0.3 is 19.9 Å². The molecule has 0 aromatic carbocycles. The number of aliphatic hydroxyl groups excluding tert-OH is 1. The van der Waals surface area contributed by atoms with Crippen molar-refractivity contribution in [2.75, 3.05) is 20.1 Å². The molecule has 1 amide bonds. The Hall–Kier alpha value is -1.04. The van der Waals surface area contributed by atoms with Crippen molar-refractivity contribution in [2.24, 2.45) is 0 Å². The Bertz CT molecular complexity index is 461. The molecule has 0 unspecified atom stereocenters. The lowest BCUT2D eigenvalue weighted by atomic mass is 10.2. The number of carbonyl (C=O) groups is 1. The maximum absolute atomic E-state index is 12.5. The second-order valence-electron chi connectivity index (χ2n) is 4.95. The zero-order valence-corrected chi connectivity index (χ0v) is 12.0. The van der Waals surface area contributed by atoms with Crippen LogP contribution in [-0.2, 0) is 6.54 Å². The highest BCUT2D eigenvalue weighted by Gasteiger charge is 2.32. The van der Waals surface area contributed by atoms with Gasteiger partial charge in [-0.15, -0.1) is 0 Å². The van der Waals surface area contributed by atoms with E-state index in [1.54, 1.807) is 24.2 Å². The fourth-order valence-electron chi connectivity index (χ4n) is 2.46. The average Bonchev–Trinajstić information content (AvgIpc) is 2.94. The van der Waals surface area contributed by atoms with Crippen molar-refractivity contribution in [3.05, 3.63) is 23.0 Å². The number of nitrogens with one attached hydrogen (secondary N) is 1. The summed E-state index contributed by atoms with van der Waals surface area (Å²) in [7, 11) is 1.72. The molecule has 2 atom stereocenters. The van der Waals surface area contributed by atoms with Gasteiger partial charge >= 0.3 is 0 Å². The Kier molecular flexibility index (Phi) is 4.50. The van der Waals surface area contributed by atoms with Crippen LogP contribution in [0, 0.1) is 0 Å². The molecule has 1 fully saturated rings. The van der Waals surface area contributed by atoms with Crippen LogP contribution in [0.5, 0.6) is 0 Å². The molecule has 0 spiro atoms. The van der Waals surface area contributed by atoms with E-state index in [4.69, 9.17) is 11.6 Å². The van der Waals surface area contributed by atoms with Crippen LogP contribution in [-0.4, -0.2) is 52.8 Å². The van der Waals surface area contributed by atoms with E-state index in [2.05, 4.69) is 12.2 Å². The summed E-state index contributed by atoms with van der Waals surface area (Å²) in [6.45, 7) is 3.95. The molecule has 1 aliphatic rings. The first-order valence-electron chi connectivity index (χ1n) is 6.56. The van der Waals surface area contributed by atoms with E-state index in [9.17, 15) is 9.90 Å². The first kappa shape index (κ1) is 14.4. The first-order valence-corrected chi connectivity index (χ1v) is 6.94. The van der Waals surface area contributed by atoms with Crippen LogP contribution in [0.15, 0.2) is 12.3 Å². The number of aliphatic hydroxyl groups is 1. The summed E-state index contributed by atoms with van der Waals surface area (Å²) in [6, 6.07) is 1.50. The van der Waals surface area contributed by atoms with Crippen molar-refractivity contribution in [3.8, 4) is 0 Å². The number of halogens is 1. The monoisotopic (exact) mass is 285 g/mol. The number of rotatable bonds is 4. The van der Waals surface area contributed by atoms with Gasteiger partial charge in [-0.25, -0.2) is 0 Å². The lowest BCUT2D eigenvalue weighted by Gasteiger charge is -2.26. The molecule has 0 bridgehead atoms. The Morgan fingerprint density at radius 2 is 2.37 bits per heavy atom. The molecule has 1 aliphatic heterocycles. The van der Waals surface area contributed by atoms with Crippen molar-refractivity contribution in [2.45, 2.75) is 32.0 Å². The van der Waals surface area contributed by atoms with Crippen molar-refractivity contribution >= 4 is 17.5 Å². The second kappa shape index (κ2) is 5.94. The van der Waals surface area contributed by atoms with Gasteiger partial charge in [0.2, 0.25) is 0 Å². The molecular weight excluding hydrogens is 266 g/mol. The number of β-amino-alcohol motifs (C(OH)–C–C–N with tert-alkyl or cyclic N) is 1. The molecule has 19 heavy (non-hydrogen) atoms. The van der Waals surface area contributed by atoms with Crippen LogP contribution >= 0.6 is 11.6 Å². The molecule has 106 valence electrons. The molecule has 1 aromatic heterocycles. The number of hydrogen-bond acceptors (Lipinski definition) is 3. The van der Waals surface area contributed by atoms with Gasteiger partial charge in [0.15, 0.2) is 0 Å². The van der Waals surface area contributed by atoms with Crippen LogP contribution < -0.4 is 5.32 Å². The van der Waals surface area contributed by atoms with Gasteiger partial charge in [-0.1, -0.05) is 18.5 Å². The molecule has 6 heteroatoms. The Balaban J connectivity index is 2.18. The molecule has 1 saturated heterocycles. The standard InChI is InChI=1S/C13H20ClN3O2/c1-3-4-17-8-9(14)5-10(17)13(19)16(2)11-6-15-7-12(11)18/h5,8,11-12,15,18H,3-4,6-7H2,1-2H3/t11-,12-/m0/s1. The van der Waals surface area contributed by atoms with Gasteiger partial charge in [0, 0.05) is 32.9 Å². The van der Waals surface area contributed by atoms with Gasteiger partial charge in [0.05, 0.1) is 17.2 Å². The van der Waals surface area contributed by atoms with Crippen molar-refractivity contribution < 1.29 is 9.90 Å². The van der Waals surface area contributed by atoms with Gasteiger partial charge in [0.1, 0.15) is 5.69 Å². The maximum atomic E-state index is 12.5. The Labute approximate surface area is 118 Å². The predicted molar refractivity (Wildman–Crippen MR) is 74.5 cm³/mol. The lowest BCUT2D eigenvalue weighted by molar-refractivity contribution is 0.0571. The molecule has 2 N–H and O–H groups in total. The third-order valence-electron chi connectivity index (χ3n) is 3.52. The summed E-state index contributed by atoms with van der Waals surface area (Å²) in [5.41, 5.74) is 0.577. The second-order valence-corrected chi connectivity index (χ2v) is 5.38. The number of aromatic nitrogens is 1. The highest BCUT2D eigenvalue weighted by molar-refractivity contribution is 6.31. The highest BCUT2D eigenvalue weighted by Crippen LogP contribution is 2.18. The van der Waals surface area contributed by atoms with E-state index in [0.29, 0.717) is 23.8 Å². The summed E-state index contributed by atoms with van der Waals surface area (Å²) < 4.78 is 1.87. The highest BCUT2D eigenvalue weighted by atomic mass is 35.5. The van der Waals surface area contributed by atoms with Crippen LogP contribution in [0.2, 0.25) is 5.02 Å². The van der Waals surface area contributed by atoms with E-state index in [-0.39, 0.29) is 11.9 Å². The molecule has 5 nitrogen and oxygen atoms in total. The van der Waals surface area contributed by atoms with Crippen LogP contribution in [0.4, 0.5) is 0 Å². The smallest absolute Gasteiger partial charge is 0.270 e. The summed E-state index contributed by atoms with van der Waals surface area (Å²) in [4.78, 5) is 14.1. The molecule has 0 aliphatic carbocycles. The minimum atomic E-state index is -0.515. The Morgan fingerprint density at radius 3 is 2.95 bits per heavy atom. The molecule has 1 aromatic rings. The van der Waals surface area contributed by atoms with Crippen LogP contribution in [0.25, 0.3) is 0 Å². The molecule has 0 saturated carbocycles. The zero-order chi connectivity index (χ0) is 14.0. The quantitative estimate of drug-likeness (QED) is 0.866. The first-order chi connectivity index (χ1) is 9.04. The van der Waals surface area contributed by atoms with Crippen molar-refractivity contribution in [1.82, 2.24) is 14.8 Å². The van der Waals surface area contributed by atoms with Crippen LogP contribution in [0.3, 0.4) is 0 Å². The van der Waals surface area contributed by atoms with Crippen molar-refractivity contribution in [3.63, 3.8) is 0 Å². The summed E-state index contributed by atoms with van der Waals surface area (Å²) in [5.74, 6) is -0.104. The normalized spacial score (nSPS) is 22.7. The number of nitrogens with zero attached hydrogens (tertiary/aromatic N) is 2. The lowest BCUT2D eigenvalue weighted by Crippen LogP contribution is -2.44. The third kappa shape index (κ3) is 2.94. The van der Waals surface area contributed by atoms with Gasteiger partial charge in [-0.3, -0.25) is 4.79 Å². The van der Waals surface area contributed by atoms with E-state index < -0.39 is 6.10 Å². The largest absolute Gasteiger partial charge is 0.390 e. The molecule has 2 heterocycles. The van der Waals surface area contributed by atoms with E-state index in [1.165, 1.54) is 0 Å². The molecule has 0 radical (unpaired) electrons. The number of hydrogen-bond donors (Lipinski definition) is 2. The maximum Gasteiger partial charge on any atom is 0.270 e. The molecule has 2 rings (SSSR count). The minimum absolute atomic E-state index is 0.104. The summed E-state index contributed by atoms with van der Waals surface area (Å²) >= 11 is 5.99. The summed E-state index contributed by atoms with van der Waals surface area (Å²) in [5, 5.41) is 13.5. The summed E-state index contributed by atoms with van der Waals surface area (Å²) in [6.07, 6.45) is 2.19. The van der Waals surface area contributed by atoms with Crippen molar-refractivity contribution in [1.29, 1.82) is 0 Å². The van der Waals surface area contributed by atoms with E-state index in [1.807, 2.05) is 4.57 Å². The van der Waals surface area contributed by atoms with E-state index in [0.717, 1.165) is 13.0 Å². The average molecular weight is 286 g/mol. The third-order valence-corrected chi connectivity index (χ3v) is 3.72. The Morgan fingerprint density at radius 1 is 1.63 bits per heavy atom. The predicted octanol–water partition coefficient (Wildman–Crippen LogP) is 0.956. The fourth-order valence-corrected chi connectivity index (χ4v) is 2.68. The SMILES string of the molecule is CCCn1cc(Cl)cc1C(=O)N(C)[C@H]1CNC[C@@H]1O. The topological polar surface area (TPSA) is 57.5 Å². The minimum Gasteiger partial charge on any atom is -0.390 e. The number of likely N-dealkylation sites (N-methyl/N-ethyl adjacent to an activating group) is 1. The van der Waals surface area contributed by atoms with E-state index >= 15 is 0 Å². The number of aryl methyl sites for hydroxylation is 1. The van der Waals surface area contributed by atoms with Gasteiger partial charge in [0.25, 0.3) is 5.91 Å².